The Kier molecular flexibility index (Phi) is 8.36. The summed E-state index contributed by atoms with van der Waals surface area (Å²) >= 11 is 2.06. The predicted octanol–water partition coefficient (Wildman–Crippen LogP) is 3.37. The minimum atomic E-state index is 0.686. The second-order valence-corrected chi connectivity index (χ2v) is 6.73. The predicted molar refractivity (Wildman–Crippen MR) is 84.6 cm³/mol. The van der Waals surface area contributed by atoms with Crippen LogP contribution < -0.4 is 5.32 Å². The molecule has 0 aromatic heterocycles. The number of likely N-dealkylation sites (tertiary alicyclic amines) is 1. The molecule has 1 aliphatic rings. The van der Waals surface area contributed by atoms with Crippen molar-refractivity contribution in [1.29, 1.82) is 0 Å². The molecule has 1 N–H and O–H groups in total. The molecule has 1 aliphatic heterocycles. The first-order chi connectivity index (χ1) is 8.71. The van der Waals surface area contributed by atoms with Crippen LogP contribution in [-0.2, 0) is 0 Å². The molecule has 2 atom stereocenters. The molecule has 0 radical (unpaired) electrons. The summed E-state index contributed by atoms with van der Waals surface area (Å²) in [7, 11) is 0. The smallest absolute Gasteiger partial charge is 0.0192 e. The van der Waals surface area contributed by atoms with E-state index in [0.717, 1.165) is 11.8 Å². The minimum Gasteiger partial charge on any atom is -0.312 e. The van der Waals surface area contributed by atoms with E-state index in [4.69, 9.17) is 0 Å². The summed E-state index contributed by atoms with van der Waals surface area (Å²) in [6, 6.07) is 1.39. The van der Waals surface area contributed by atoms with E-state index in [9.17, 15) is 0 Å². The van der Waals surface area contributed by atoms with E-state index in [1.807, 2.05) is 0 Å². The number of thioether (sulfide) groups is 1. The first kappa shape index (κ1) is 16.3. The van der Waals surface area contributed by atoms with Gasteiger partial charge in [0.15, 0.2) is 0 Å². The highest BCUT2D eigenvalue weighted by atomic mass is 32.2. The summed E-state index contributed by atoms with van der Waals surface area (Å²) in [5, 5.41) is 4.61. The Hall–Kier alpha value is 0.270. The maximum atomic E-state index is 3.71. The number of rotatable bonds is 7. The fourth-order valence-electron chi connectivity index (χ4n) is 2.81. The van der Waals surface area contributed by atoms with E-state index >= 15 is 0 Å². The van der Waals surface area contributed by atoms with Gasteiger partial charge in [0.25, 0.3) is 0 Å². The van der Waals surface area contributed by atoms with Crippen LogP contribution in [0.5, 0.6) is 0 Å². The Morgan fingerprint density at radius 2 is 1.94 bits per heavy atom. The van der Waals surface area contributed by atoms with Crippen LogP contribution in [0.2, 0.25) is 0 Å². The normalized spacial score (nSPS) is 24.2. The van der Waals surface area contributed by atoms with Gasteiger partial charge in [0.2, 0.25) is 0 Å². The summed E-state index contributed by atoms with van der Waals surface area (Å²) in [5.41, 5.74) is 0. The zero-order valence-corrected chi connectivity index (χ0v) is 13.6. The first-order valence-electron chi connectivity index (χ1n) is 7.71. The fourth-order valence-corrected chi connectivity index (χ4v) is 3.55. The lowest BCUT2D eigenvalue weighted by atomic mass is 10.1. The average molecular weight is 273 g/mol. The van der Waals surface area contributed by atoms with Gasteiger partial charge in [-0.15, -0.1) is 0 Å². The van der Waals surface area contributed by atoms with Crippen LogP contribution >= 0.6 is 11.8 Å². The molecule has 1 fully saturated rings. The highest BCUT2D eigenvalue weighted by Crippen LogP contribution is 2.22. The Labute approximate surface area is 118 Å². The van der Waals surface area contributed by atoms with E-state index in [-0.39, 0.29) is 0 Å². The van der Waals surface area contributed by atoms with Gasteiger partial charge in [-0.25, -0.2) is 0 Å². The molecule has 1 rings (SSSR count). The van der Waals surface area contributed by atoms with E-state index in [0.29, 0.717) is 12.1 Å². The van der Waals surface area contributed by atoms with Gasteiger partial charge in [0, 0.05) is 23.9 Å². The van der Waals surface area contributed by atoms with Gasteiger partial charge >= 0.3 is 0 Å². The van der Waals surface area contributed by atoms with Crippen molar-refractivity contribution in [3.05, 3.63) is 0 Å². The number of nitrogens with one attached hydrogen (secondary N) is 1. The summed E-state index contributed by atoms with van der Waals surface area (Å²) in [6.07, 6.45) is 8.91. The third-order valence-corrected chi connectivity index (χ3v) is 5.49. The van der Waals surface area contributed by atoms with Crippen molar-refractivity contribution in [2.45, 2.75) is 70.2 Å². The van der Waals surface area contributed by atoms with Crippen molar-refractivity contribution in [2.24, 2.45) is 0 Å². The van der Waals surface area contributed by atoms with Gasteiger partial charge in [-0.1, -0.05) is 13.8 Å². The molecule has 0 aliphatic carbocycles. The molecule has 18 heavy (non-hydrogen) atoms. The molecule has 0 bridgehead atoms. The molecule has 0 saturated carbocycles. The molecule has 2 unspecified atom stereocenters. The molecular weight excluding hydrogens is 240 g/mol. The number of hydrogen-bond acceptors (Lipinski definition) is 3. The van der Waals surface area contributed by atoms with Gasteiger partial charge in [-0.3, -0.25) is 4.90 Å². The van der Waals surface area contributed by atoms with Crippen LogP contribution in [0.1, 0.15) is 52.9 Å². The van der Waals surface area contributed by atoms with Crippen molar-refractivity contribution in [3.63, 3.8) is 0 Å². The van der Waals surface area contributed by atoms with E-state index in [1.165, 1.54) is 45.2 Å². The summed E-state index contributed by atoms with van der Waals surface area (Å²) in [5.74, 6) is 0. The highest BCUT2D eigenvalue weighted by Gasteiger charge is 2.20. The largest absolute Gasteiger partial charge is 0.312 e. The SMILES string of the molecule is CCC(CC)NCC(C)N1CCCC(SC)CC1. The highest BCUT2D eigenvalue weighted by molar-refractivity contribution is 7.99. The maximum Gasteiger partial charge on any atom is 0.0192 e. The standard InChI is InChI=1S/C15H32N2S/c1-5-14(6-2)16-12-13(3)17-10-7-8-15(18-4)9-11-17/h13-16H,5-12H2,1-4H3. The lowest BCUT2D eigenvalue weighted by Crippen LogP contribution is -2.43. The molecule has 0 spiro atoms. The second kappa shape index (κ2) is 9.22. The van der Waals surface area contributed by atoms with Gasteiger partial charge in [-0.2, -0.15) is 11.8 Å². The van der Waals surface area contributed by atoms with Crippen molar-refractivity contribution in [1.82, 2.24) is 10.2 Å². The van der Waals surface area contributed by atoms with Gasteiger partial charge in [-0.05, 0) is 58.4 Å². The van der Waals surface area contributed by atoms with Crippen LogP contribution in [-0.4, -0.2) is 48.1 Å². The molecule has 0 amide bonds. The summed E-state index contributed by atoms with van der Waals surface area (Å²) in [4.78, 5) is 2.69. The van der Waals surface area contributed by atoms with E-state index < -0.39 is 0 Å². The topological polar surface area (TPSA) is 15.3 Å². The lowest BCUT2D eigenvalue weighted by molar-refractivity contribution is 0.207. The molecule has 108 valence electrons. The summed E-state index contributed by atoms with van der Waals surface area (Å²) in [6.45, 7) is 10.7. The Balaban J connectivity index is 2.30. The van der Waals surface area contributed by atoms with Crippen LogP contribution in [0.3, 0.4) is 0 Å². The molecule has 0 aromatic rings. The molecular formula is C15H32N2S. The number of nitrogens with zero attached hydrogens (tertiary/aromatic N) is 1. The zero-order valence-electron chi connectivity index (χ0n) is 12.7. The molecule has 3 heteroatoms. The van der Waals surface area contributed by atoms with E-state index in [2.05, 4.69) is 49.0 Å². The molecule has 0 aromatic carbocycles. The van der Waals surface area contributed by atoms with Crippen LogP contribution in [0.25, 0.3) is 0 Å². The monoisotopic (exact) mass is 272 g/mol. The van der Waals surface area contributed by atoms with Crippen molar-refractivity contribution < 1.29 is 0 Å². The Bertz CT molecular complexity index is 207. The van der Waals surface area contributed by atoms with Crippen molar-refractivity contribution >= 4 is 11.8 Å². The maximum absolute atomic E-state index is 3.71. The fraction of sp³-hybridized carbons (Fsp3) is 1.00. The quantitative estimate of drug-likeness (QED) is 0.765. The second-order valence-electron chi connectivity index (χ2n) is 5.60. The zero-order chi connectivity index (χ0) is 13.4. The van der Waals surface area contributed by atoms with Gasteiger partial charge in [0.05, 0.1) is 0 Å². The van der Waals surface area contributed by atoms with Gasteiger partial charge < -0.3 is 5.32 Å². The third kappa shape index (κ3) is 5.50. The van der Waals surface area contributed by atoms with Gasteiger partial charge in [0.1, 0.15) is 0 Å². The first-order valence-corrected chi connectivity index (χ1v) is 9.00. The average Bonchev–Trinajstić information content (AvgIpc) is 2.65. The Morgan fingerprint density at radius 3 is 2.56 bits per heavy atom. The van der Waals surface area contributed by atoms with Crippen LogP contribution in [0, 0.1) is 0 Å². The number of hydrogen-bond donors (Lipinski definition) is 1. The molecule has 1 saturated heterocycles. The lowest BCUT2D eigenvalue weighted by Gasteiger charge is -2.29. The van der Waals surface area contributed by atoms with Crippen LogP contribution in [0.15, 0.2) is 0 Å². The minimum absolute atomic E-state index is 0.686. The van der Waals surface area contributed by atoms with E-state index in [1.54, 1.807) is 0 Å². The van der Waals surface area contributed by atoms with Crippen LogP contribution in [0.4, 0.5) is 0 Å². The summed E-state index contributed by atoms with van der Waals surface area (Å²) < 4.78 is 0. The Morgan fingerprint density at radius 1 is 1.22 bits per heavy atom. The third-order valence-electron chi connectivity index (χ3n) is 4.35. The molecule has 1 heterocycles. The van der Waals surface area contributed by atoms with Crippen molar-refractivity contribution in [3.8, 4) is 0 Å². The van der Waals surface area contributed by atoms with Crippen molar-refractivity contribution in [2.75, 3.05) is 25.9 Å². The molecule has 2 nitrogen and oxygen atoms in total.